The molecule has 1 heterocycles. The highest BCUT2D eigenvalue weighted by Gasteiger charge is 2.59. The lowest BCUT2D eigenvalue weighted by atomic mass is 9.60. The number of fused-ring (bicyclic) bond motifs is 3. The van der Waals surface area contributed by atoms with Crippen LogP contribution in [0.25, 0.3) is 11.1 Å². The van der Waals surface area contributed by atoms with E-state index in [1.54, 1.807) is 13.2 Å². The number of halogens is 1. The van der Waals surface area contributed by atoms with Crippen molar-refractivity contribution in [1.82, 2.24) is 0 Å². The molecule has 0 radical (unpaired) electrons. The molecule has 5 rings (SSSR count). The molecule has 0 amide bonds. The Balaban J connectivity index is 1.64. The van der Waals surface area contributed by atoms with Gasteiger partial charge in [0.15, 0.2) is 0 Å². The monoisotopic (exact) mass is 435 g/mol. The number of nitriles is 1. The molecule has 1 aliphatic heterocycles. The molecular formula is C25H26ClN3O2. The van der Waals surface area contributed by atoms with Crippen LogP contribution < -0.4 is 5.73 Å². The molecule has 1 unspecified atom stereocenters. The number of hydrogen-bond acceptors (Lipinski definition) is 5. The number of aliphatic imine (C=N–C) groups is 1. The average molecular weight is 436 g/mol. The minimum Gasteiger partial charge on any atom is -0.465 e. The number of nitrogens with zero attached hydrogens (tertiary/aromatic N) is 2. The van der Waals surface area contributed by atoms with Crippen molar-refractivity contribution in [1.29, 1.82) is 5.26 Å². The first-order chi connectivity index (χ1) is 15.0. The van der Waals surface area contributed by atoms with Crippen molar-refractivity contribution in [3.63, 3.8) is 0 Å². The molecular weight excluding hydrogens is 410 g/mol. The first-order valence-corrected chi connectivity index (χ1v) is 11.2. The van der Waals surface area contributed by atoms with Crippen molar-refractivity contribution in [2.75, 3.05) is 13.7 Å². The van der Waals surface area contributed by atoms with Gasteiger partial charge in [0.1, 0.15) is 5.54 Å². The van der Waals surface area contributed by atoms with Crippen molar-refractivity contribution >= 4 is 17.6 Å². The number of amidine groups is 1. The van der Waals surface area contributed by atoms with Gasteiger partial charge in [-0.3, -0.25) is 0 Å². The van der Waals surface area contributed by atoms with Crippen molar-refractivity contribution in [3.05, 3.63) is 58.1 Å². The third kappa shape index (κ3) is 3.21. The van der Waals surface area contributed by atoms with Crippen LogP contribution >= 0.6 is 11.6 Å². The second-order valence-corrected chi connectivity index (χ2v) is 9.45. The highest BCUT2D eigenvalue weighted by Crippen LogP contribution is 2.62. The molecule has 1 atom stereocenters. The van der Waals surface area contributed by atoms with Gasteiger partial charge >= 0.3 is 0 Å². The summed E-state index contributed by atoms with van der Waals surface area (Å²) in [6.45, 7) is 0.574. The van der Waals surface area contributed by atoms with Crippen molar-refractivity contribution in [3.8, 4) is 17.2 Å². The zero-order valence-corrected chi connectivity index (χ0v) is 18.4. The zero-order chi connectivity index (χ0) is 21.6. The maximum absolute atomic E-state index is 9.36. The van der Waals surface area contributed by atoms with Gasteiger partial charge in [0, 0.05) is 24.0 Å². The molecule has 2 N–H and O–H groups in total. The Kier molecular flexibility index (Phi) is 4.96. The standard InChI is InChI=1S/C25H26ClN3O2/c1-30-21-4-6-24(7-5-21)14-18-3-2-17(19-10-16(15-27)11-20(26)12-19)13-22(18)25(24)8-9-31-23(28)29-25/h2-3,10-13,21H,4-9,14H2,1H3,(H2,28,29). The Morgan fingerprint density at radius 3 is 2.68 bits per heavy atom. The van der Waals surface area contributed by atoms with Gasteiger partial charge < -0.3 is 15.2 Å². The van der Waals surface area contributed by atoms with Gasteiger partial charge in [0.05, 0.1) is 24.3 Å². The molecule has 6 heteroatoms. The Hall–Kier alpha value is -2.55. The minimum absolute atomic E-state index is 0.0313. The predicted octanol–water partition coefficient (Wildman–Crippen LogP) is 4.94. The molecule has 1 saturated carbocycles. The van der Waals surface area contributed by atoms with E-state index in [4.69, 9.17) is 31.8 Å². The van der Waals surface area contributed by atoms with E-state index in [0.717, 1.165) is 49.7 Å². The fraction of sp³-hybridized carbons (Fsp3) is 0.440. The molecule has 2 aliphatic carbocycles. The van der Waals surface area contributed by atoms with E-state index < -0.39 is 0 Å². The van der Waals surface area contributed by atoms with Crippen LogP contribution in [0.2, 0.25) is 5.02 Å². The fourth-order valence-corrected chi connectivity index (χ4v) is 6.28. The number of benzene rings is 2. The number of nitrogens with two attached hydrogens (primary N) is 1. The first-order valence-electron chi connectivity index (χ1n) is 10.8. The van der Waals surface area contributed by atoms with Crippen LogP contribution in [0.15, 0.2) is 41.4 Å². The SMILES string of the molecule is COC1CCC2(CC1)Cc1ccc(-c3cc(Cl)cc(C#N)c3)cc1C21CCOC(N)=N1. The first kappa shape index (κ1) is 20.4. The smallest absolute Gasteiger partial charge is 0.282 e. The van der Waals surface area contributed by atoms with Gasteiger partial charge in [-0.15, -0.1) is 0 Å². The van der Waals surface area contributed by atoms with Crippen molar-refractivity contribution < 1.29 is 9.47 Å². The van der Waals surface area contributed by atoms with Crippen LogP contribution in [0.4, 0.5) is 0 Å². The summed E-state index contributed by atoms with van der Waals surface area (Å²) in [5, 5.41) is 9.92. The third-order valence-electron chi connectivity index (χ3n) is 7.56. The van der Waals surface area contributed by atoms with Crippen LogP contribution in [-0.4, -0.2) is 25.8 Å². The van der Waals surface area contributed by atoms with Crippen LogP contribution in [0, 0.1) is 16.7 Å². The molecule has 2 spiro atoms. The minimum atomic E-state index is -0.379. The molecule has 5 nitrogen and oxygen atoms in total. The van der Waals surface area contributed by atoms with Gasteiger partial charge in [-0.05, 0) is 78.6 Å². The summed E-state index contributed by atoms with van der Waals surface area (Å²) in [6, 6.07) is 14.6. The number of ether oxygens (including phenoxy) is 2. The number of rotatable bonds is 2. The largest absolute Gasteiger partial charge is 0.465 e. The topological polar surface area (TPSA) is 80.6 Å². The Morgan fingerprint density at radius 1 is 1.16 bits per heavy atom. The van der Waals surface area contributed by atoms with E-state index in [1.807, 2.05) is 12.1 Å². The van der Waals surface area contributed by atoms with E-state index in [9.17, 15) is 5.26 Å². The Morgan fingerprint density at radius 2 is 1.97 bits per heavy atom. The van der Waals surface area contributed by atoms with E-state index in [2.05, 4.69) is 24.3 Å². The Labute approximate surface area is 187 Å². The predicted molar refractivity (Wildman–Crippen MR) is 121 cm³/mol. The zero-order valence-electron chi connectivity index (χ0n) is 17.7. The van der Waals surface area contributed by atoms with Crippen molar-refractivity contribution in [2.24, 2.45) is 16.1 Å². The van der Waals surface area contributed by atoms with Gasteiger partial charge in [0.2, 0.25) is 0 Å². The maximum atomic E-state index is 9.36. The van der Waals surface area contributed by atoms with E-state index in [-0.39, 0.29) is 17.0 Å². The number of hydrogen-bond donors (Lipinski definition) is 1. The molecule has 1 fully saturated rings. The van der Waals surface area contributed by atoms with Crippen molar-refractivity contribution in [2.45, 2.75) is 50.2 Å². The quantitative estimate of drug-likeness (QED) is 0.724. The number of methoxy groups -OCH3 is 1. The second-order valence-electron chi connectivity index (χ2n) is 9.01. The Bertz CT molecular complexity index is 1100. The fourth-order valence-electron chi connectivity index (χ4n) is 6.04. The highest BCUT2D eigenvalue weighted by molar-refractivity contribution is 6.31. The summed E-state index contributed by atoms with van der Waals surface area (Å²) in [7, 11) is 1.80. The second kappa shape index (κ2) is 7.55. The molecule has 3 aliphatic rings. The molecule has 160 valence electrons. The normalized spacial score (nSPS) is 29.3. The van der Waals surface area contributed by atoms with Crippen LogP contribution in [0.1, 0.15) is 48.8 Å². The summed E-state index contributed by atoms with van der Waals surface area (Å²) in [6.07, 6.45) is 6.32. The average Bonchev–Trinajstić information content (AvgIpc) is 3.01. The third-order valence-corrected chi connectivity index (χ3v) is 7.78. The summed E-state index contributed by atoms with van der Waals surface area (Å²) >= 11 is 6.28. The molecule has 2 aromatic rings. The summed E-state index contributed by atoms with van der Waals surface area (Å²) in [5.74, 6) is 0. The lowest BCUT2D eigenvalue weighted by Crippen LogP contribution is -2.49. The van der Waals surface area contributed by atoms with Crippen LogP contribution in [0.5, 0.6) is 0 Å². The van der Waals surface area contributed by atoms with Gasteiger partial charge in [0.25, 0.3) is 6.02 Å². The lowest BCUT2D eigenvalue weighted by Gasteiger charge is -2.49. The van der Waals surface area contributed by atoms with Crippen LogP contribution in [0.3, 0.4) is 0 Å². The van der Waals surface area contributed by atoms with Gasteiger partial charge in [-0.2, -0.15) is 5.26 Å². The summed E-state index contributed by atoms with van der Waals surface area (Å²) in [4.78, 5) is 5.02. The molecule has 0 saturated heterocycles. The molecule has 2 aromatic carbocycles. The molecule has 0 aromatic heterocycles. The van der Waals surface area contributed by atoms with E-state index >= 15 is 0 Å². The van der Waals surface area contributed by atoms with Gasteiger partial charge in [-0.25, -0.2) is 4.99 Å². The summed E-state index contributed by atoms with van der Waals surface area (Å²) in [5.41, 5.74) is 10.9. The van der Waals surface area contributed by atoms with Crippen LogP contribution in [-0.2, 0) is 21.4 Å². The molecule has 31 heavy (non-hydrogen) atoms. The van der Waals surface area contributed by atoms with E-state index in [1.165, 1.54) is 11.1 Å². The highest BCUT2D eigenvalue weighted by atomic mass is 35.5. The lowest BCUT2D eigenvalue weighted by molar-refractivity contribution is -0.0148. The van der Waals surface area contributed by atoms with E-state index in [0.29, 0.717) is 23.3 Å². The maximum Gasteiger partial charge on any atom is 0.282 e. The summed E-state index contributed by atoms with van der Waals surface area (Å²) < 4.78 is 11.2. The van der Waals surface area contributed by atoms with Gasteiger partial charge in [-0.1, -0.05) is 23.7 Å². The molecule has 0 bridgehead atoms.